The zero-order valence-corrected chi connectivity index (χ0v) is 11.0. The van der Waals surface area contributed by atoms with Gasteiger partial charge in [-0.05, 0) is 26.4 Å². The average Bonchev–Trinajstić information content (AvgIpc) is 2.41. The van der Waals surface area contributed by atoms with E-state index in [4.69, 9.17) is 0 Å². The van der Waals surface area contributed by atoms with E-state index in [-0.39, 0.29) is 0 Å². The maximum Gasteiger partial charge on any atom is 0.156 e. The first kappa shape index (κ1) is 12.8. The Morgan fingerprint density at radius 3 is 2.61 bits per heavy atom. The average molecular weight is 244 g/mol. The van der Waals surface area contributed by atoms with Crippen LogP contribution in [0.5, 0.6) is 0 Å². The highest BCUT2D eigenvalue weighted by Gasteiger charge is 2.04. The lowest BCUT2D eigenvalue weighted by Crippen LogP contribution is -2.17. The number of fused-ring (bicyclic) bond motifs is 1. The molecule has 1 heterocycles. The molecular weight excluding hydrogens is 224 g/mol. The number of aromatic nitrogens is 2. The van der Waals surface area contributed by atoms with Gasteiger partial charge in [0, 0.05) is 17.3 Å². The van der Waals surface area contributed by atoms with Crippen molar-refractivity contribution in [1.29, 1.82) is 0 Å². The summed E-state index contributed by atoms with van der Waals surface area (Å²) in [4.78, 5) is 0. The summed E-state index contributed by atoms with van der Waals surface area (Å²) >= 11 is 0. The van der Waals surface area contributed by atoms with E-state index in [2.05, 4.69) is 39.9 Å². The molecular formula is C14H20N4. The first-order chi connectivity index (χ1) is 8.83. The minimum absolute atomic E-state index is 0.882. The monoisotopic (exact) mass is 244 g/mol. The van der Waals surface area contributed by atoms with E-state index in [1.807, 2.05) is 19.1 Å². The van der Waals surface area contributed by atoms with Gasteiger partial charge in [-0.3, -0.25) is 0 Å². The molecule has 0 aliphatic rings. The van der Waals surface area contributed by atoms with Crippen molar-refractivity contribution in [2.45, 2.75) is 20.3 Å². The van der Waals surface area contributed by atoms with Crippen LogP contribution in [0.15, 0.2) is 24.3 Å². The van der Waals surface area contributed by atoms with Crippen molar-refractivity contribution in [3.63, 3.8) is 0 Å². The maximum atomic E-state index is 4.24. The summed E-state index contributed by atoms with van der Waals surface area (Å²) in [6, 6.07) is 8.24. The van der Waals surface area contributed by atoms with E-state index >= 15 is 0 Å². The quantitative estimate of drug-likeness (QED) is 0.766. The van der Waals surface area contributed by atoms with Gasteiger partial charge in [0.25, 0.3) is 0 Å². The predicted octanol–water partition coefficient (Wildman–Crippen LogP) is 2.35. The Hall–Kier alpha value is -1.68. The van der Waals surface area contributed by atoms with Crippen molar-refractivity contribution in [2.24, 2.45) is 0 Å². The molecule has 0 saturated carbocycles. The molecule has 2 aromatic rings. The van der Waals surface area contributed by atoms with Crippen LogP contribution in [0.4, 0.5) is 5.82 Å². The molecule has 2 N–H and O–H groups in total. The Balaban J connectivity index is 2.07. The molecule has 2 rings (SSSR count). The van der Waals surface area contributed by atoms with Crippen molar-refractivity contribution in [3.8, 4) is 0 Å². The highest BCUT2D eigenvalue weighted by molar-refractivity contribution is 5.92. The van der Waals surface area contributed by atoms with E-state index in [9.17, 15) is 0 Å². The Bertz CT molecular complexity index is 510. The highest BCUT2D eigenvalue weighted by atomic mass is 15.2. The lowest BCUT2D eigenvalue weighted by atomic mass is 10.1. The molecule has 1 aromatic carbocycles. The molecule has 0 aliphatic carbocycles. The zero-order valence-electron chi connectivity index (χ0n) is 11.0. The molecule has 96 valence electrons. The SMILES string of the molecule is CCNCCCNc1nnc(C)c2ccccc12. The second-order valence-electron chi connectivity index (χ2n) is 4.31. The van der Waals surface area contributed by atoms with Crippen molar-refractivity contribution < 1.29 is 0 Å². The highest BCUT2D eigenvalue weighted by Crippen LogP contribution is 2.21. The molecule has 0 aliphatic heterocycles. The molecule has 0 saturated heterocycles. The van der Waals surface area contributed by atoms with E-state index in [1.54, 1.807) is 0 Å². The molecule has 0 bridgehead atoms. The van der Waals surface area contributed by atoms with Crippen LogP contribution >= 0.6 is 0 Å². The second-order valence-corrected chi connectivity index (χ2v) is 4.31. The molecule has 4 nitrogen and oxygen atoms in total. The second kappa shape index (κ2) is 6.31. The van der Waals surface area contributed by atoms with Gasteiger partial charge in [-0.2, -0.15) is 5.10 Å². The minimum Gasteiger partial charge on any atom is -0.368 e. The Morgan fingerprint density at radius 2 is 1.83 bits per heavy atom. The van der Waals surface area contributed by atoms with Crippen LogP contribution in [0.1, 0.15) is 19.0 Å². The normalized spacial score (nSPS) is 10.8. The molecule has 0 radical (unpaired) electrons. The molecule has 0 fully saturated rings. The zero-order chi connectivity index (χ0) is 12.8. The van der Waals surface area contributed by atoms with E-state index < -0.39 is 0 Å². The molecule has 4 heteroatoms. The van der Waals surface area contributed by atoms with E-state index in [0.717, 1.165) is 43.0 Å². The number of rotatable bonds is 6. The number of benzene rings is 1. The van der Waals surface area contributed by atoms with Gasteiger partial charge < -0.3 is 10.6 Å². The topological polar surface area (TPSA) is 49.8 Å². The standard InChI is InChI=1S/C14H20N4/c1-3-15-9-6-10-16-14-13-8-5-4-7-12(13)11(2)17-18-14/h4-5,7-8,15H,3,6,9-10H2,1-2H3,(H,16,18). The van der Waals surface area contributed by atoms with Crippen LogP contribution in [0.3, 0.4) is 0 Å². The maximum absolute atomic E-state index is 4.24. The Morgan fingerprint density at radius 1 is 1.06 bits per heavy atom. The van der Waals surface area contributed by atoms with E-state index in [1.165, 1.54) is 5.39 Å². The summed E-state index contributed by atoms with van der Waals surface area (Å²) in [6.07, 6.45) is 1.08. The number of hydrogen-bond acceptors (Lipinski definition) is 4. The summed E-state index contributed by atoms with van der Waals surface area (Å²) in [7, 11) is 0. The summed E-state index contributed by atoms with van der Waals surface area (Å²) in [5, 5.41) is 17.4. The van der Waals surface area contributed by atoms with Gasteiger partial charge in [-0.25, -0.2) is 0 Å². The third-order valence-corrected chi connectivity index (χ3v) is 2.94. The van der Waals surface area contributed by atoms with Gasteiger partial charge in [-0.1, -0.05) is 31.2 Å². The third-order valence-electron chi connectivity index (χ3n) is 2.94. The van der Waals surface area contributed by atoms with Crippen molar-refractivity contribution in [2.75, 3.05) is 25.0 Å². The summed E-state index contributed by atoms with van der Waals surface area (Å²) in [5.74, 6) is 0.882. The fourth-order valence-corrected chi connectivity index (χ4v) is 1.97. The van der Waals surface area contributed by atoms with Crippen LogP contribution in [0.25, 0.3) is 10.8 Å². The smallest absolute Gasteiger partial charge is 0.156 e. The number of hydrogen-bond donors (Lipinski definition) is 2. The number of aryl methyl sites for hydroxylation is 1. The lowest BCUT2D eigenvalue weighted by molar-refractivity contribution is 0.688. The molecule has 0 amide bonds. The van der Waals surface area contributed by atoms with Crippen LogP contribution < -0.4 is 10.6 Å². The number of anilines is 1. The molecule has 1 aromatic heterocycles. The van der Waals surface area contributed by atoms with E-state index in [0.29, 0.717) is 0 Å². The molecule has 0 spiro atoms. The number of nitrogens with one attached hydrogen (secondary N) is 2. The molecule has 0 unspecified atom stereocenters. The van der Waals surface area contributed by atoms with Crippen molar-refractivity contribution in [1.82, 2.24) is 15.5 Å². The summed E-state index contributed by atoms with van der Waals surface area (Å²) < 4.78 is 0. The third kappa shape index (κ3) is 2.96. The minimum atomic E-state index is 0.882. The predicted molar refractivity (Wildman–Crippen MR) is 75.9 cm³/mol. The largest absolute Gasteiger partial charge is 0.368 e. The number of nitrogens with zero attached hydrogens (tertiary/aromatic N) is 2. The Kier molecular flexibility index (Phi) is 4.47. The molecule has 18 heavy (non-hydrogen) atoms. The first-order valence-electron chi connectivity index (χ1n) is 6.49. The lowest BCUT2D eigenvalue weighted by Gasteiger charge is -2.09. The van der Waals surface area contributed by atoms with Gasteiger partial charge in [0.1, 0.15) is 0 Å². The van der Waals surface area contributed by atoms with Crippen LogP contribution in [0.2, 0.25) is 0 Å². The van der Waals surface area contributed by atoms with Crippen LogP contribution in [0, 0.1) is 6.92 Å². The van der Waals surface area contributed by atoms with Gasteiger partial charge >= 0.3 is 0 Å². The Labute approximate surface area is 108 Å². The summed E-state index contributed by atoms with van der Waals surface area (Å²) in [5.41, 5.74) is 0.976. The fraction of sp³-hybridized carbons (Fsp3) is 0.429. The first-order valence-corrected chi connectivity index (χ1v) is 6.49. The molecule has 0 atom stereocenters. The van der Waals surface area contributed by atoms with Gasteiger partial charge in [0.2, 0.25) is 0 Å². The van der Waals surface area contributed by atoms with Gasteiger partial charge in [-0.15, -0.1) is 5.10 Å². The van der Waals surface area contributed by atoms with Crippen LogP contribution in [-0.4, -0.2) is 29.8 Å². The van der Waals surface area contributed by atoms with Crippen LogP contribution in [-0.2, 0) is 0 Å². The fourth-order valence-electron chi connectivity index (χ4n) is 1.97. The summed E-state index contributed by atoms with van der Waals surface area (Å²) in [6.45, 7) is 7.07. The van der Waals surface area contributed by atoms with Crippen molar-refractivity contribution >= 4 is 16.6 Å². The van der Waals surface area contributed by atoms with Gasteiger partial charge in [0.05, 0.1) is 5.69 Å². The van der Waals surface area contributed by atoms with Crippen molar-refractivity contribution in [3.05, 3.63) is 30.0 Å². The van der Waals surface area contributed by atoms with Gasteiger partial charge in [0.15, 0.2) is 5.82 Å².